The summed E-state index contributed by atoms with van der Waals surface area (Å²) in [4.78, 5) is 14.8. The minimum absolute atomic E-state index is 0. The molecule has 1 aromatic rings. The molecule has 24 heavy (non-hydrogen) atoms. The van der Waals surface area contributed by atoms with E-state index in [0.717, 1.165) is 51.0 Å². The van der Waals surface area contributed by atoms with Crippen LogP contribution in [0.2, 0.25) is 0 Å². The van der Waals surface area contributed by atoms with E-state index in [2.05, 4.69) is 23.2 Å². The Kier molecular flexibility index (Phi) is 8.51. The number of fused-ring (bicyclic) bond motifs is 1. The molecule has 0 unspecified atom stereocenters. The molecule has 136 valence electrons. The summed E-state index contributed by atoms with van der Waals surface area (Å²) in [6, 6.07) is 6.45. The Bertz CT molecular complexity index is 553. The van der Waals surface area contributed by atoms with Crippen molar-refractivity contribution in [2.45, 2.75) is 58.2 Å². The van der Waals surface area contributed by atoms with Gasteiger partial charge in [-0.05, 0) is 48.9 Å². The van der Waals surface area contributed by atoms with Gasteiger partial charge in [0.1, 0.15) is 0 Å². The second-order valence-corrected chi connectivity index (χ2v) is 6.76. The second-order valence-electron chi connectivity index (χ2n) is 6.76. The van der Waals surface area contributed by atoms with Crippen molar-refractivity contribution in [3.63, 3.8) is 0 Å². The van der Waals surface area contributed by atoms with Gasteiger partial charge in [-0.25, -0.2) is 0 Å². The summed E-state index contributed by atoms with van der Waals surface area (Å²) < 4.78 is 0. The average Bonchev–Trinajstić information content (AvgIpc) is 3.06. The van der Waals surface area contributed by atoms with Crippen molar-refractivity contribution in [1.82, 2.24) is 4.90 Å². The highest BCUT2D eigenvalue weighted by Gasteiger charge is 2.27. The SMILES string of the molecule is CCCN1Cc2cccc(NC(=O)C[C@@H]3CCC[C@H]3N)c2C1.Cl.Cl. The van der Waals surface area contributed by atoms with Crippen LogP contribution in [0.15, 0.2) is 18.2 Å². The van der Waals surface area contributed by atoms with Gasteiger partial charge in [0.15, 0.2) is 0 Å². The molecular formula is C18H29Cl2N3O. The molecule has 1 aliphatic carbocycles. The molecule has 3 rings (SSSR count). The fourth-order valence-electron chi connectivity index (χ4n) is 3.84. The van der Waals surface area contributed by atoms with E-state index in [9.17, 15) is 4.79 Å². The number of amides is 1. The molecule has 1 amide bonds. The van der Waals surface area contributed by atoms with Crippen molar-refractivity contribution >= 4 is 36.4 Å². The zero-order chi connectivity index (χ0) is 15.5. The van der Waals surface area contributed by atoms with E-state index < -0.39 is 0 Å². The number of nitrogens with two attached hydrogens (primary N) is 1. The van der Waals surface area contributed by atoms with Crippen molar-refractivity contribution in [1.29, 1.82) is 0 Å². The largest absolute Gasteiger partial charge is 0.327 e. The third kappa shape index (κ3) is 4.85. The highest BCUT2D eigenvalue weighted by Crippen LogP contribution is 2.31. The first kappa shape index (κ1) is 21.2. The van der Waals surface area contributed by atoms with Gasteiger partial charge in [0.2, 0.25) is 5.91 Å². The first-order valence-electron chi connectivity index (χ1n) is 8.56. The molecule has 1 aromatic carbocycles. The smallest absolute Gasteiger partial charge is 0.224 e. The van der Waals surface area contributed by atoms with Gasteiger partial charge in [0, 0.05) is 31.2 Å². The summed E-state index contributed by atoms with van der Waals surface area (Å²) in [6.07, 6.45) is 5.03. The van der Waals surface area contributed by atoms with Gasteiger partial charge in [-0.2, -0.15) is 0 Å². The standard InChI is InChI=1S/C18H27N3O.2ClH/c1-2-9-21-11-14-6-4-8-17(15(14)12-21)20-18(22)10-13-5-3-7-16(13)19;;/h4,6,8,13,16H,2-3,5,7,9-12,19H2,1H3,(H,20,22);2*1H/t13-,16+;;/m0../s1. The lowest BCUT2D eigenvalue weighted by atomic mass is 9.99. The minimum atomic E-state index is 0. The third-order valence-corrected chi connectivity index (χ3v) is 5.03. The lowest BCUT2D eigenvalue weighted by Gasteiger charge is -2.16. The van der Waals surface area contributed by atoms with Crippen molar-refractivity contribution in [3.8, 4) is 0 Å². The van der Waals surface area contributed by atoms with Crippen LogP contribution in [-0.2, 0) is 17.9 Å². The summed E-state index contributed by atoms with van der Waals surface area (Å²) in [5.41, 5.74) is 9.71. The highest BCUT2D eigenvalue weighted by molar-refractivity contribution is 5.92. The van der Waals surface area contributed by atoms with Crippen molar-refractivity contribution in [2.24, 2.45) is 11.7 Å². The van der Waals surface area contributed by atoms with Crippen LogP contribution in [0.3, 0.4) is 0 Å². The van der Waals surface area contributed by atoms with Gasteiger partial charge >= 0.3 is 0 Å². The van der Waals surface area contributed by atoms with E-state index in [1.54, 1.807) is 0 Å². The number of anilines is 1. The first-order valence-corrected chi connectivity index (χ1v) is 8.56. The number of nitrogens with zero attached hydrogens (tertiary/aromatic N) is 1. The molecule has 0 saturated heterocycles. The van der Waals surface area contributed by atoms with E-state index in [4.69, 9.17) is 5.73 Å². The number of benzene rings is 1. The fourth-order valence-corrected chi connectivity index (χ4v) is 3.84. The van der Waals surface area contributed by atoms with Crippen LogP contribution in [0.4, 0.5) is 5.69 Å². The molecule has 0 aromatic heterocycles. The van der Waals surface area contributed by atoms with Gasteiger partial charge in [0.05, 0.1) is 0 Å². The predicted octanol–water partition coefficient (Wildman–Crippen LogP) is 3.71. The van der Waals surface area contributed by atoms with Crippen molar-refractivity contribution < 1.29 is 4.79 Å². The van der Waals surface area contributed by atoms with Crippen LogP contribution < -0.4 is 11.1 Å². The third-order valence-electron chi connectivity index (χ3n) is 5.03. The average molecular weight is 374 g/mol. The number of halogens is 2. The molecule has 1 saturated carbocycles. The Balaban J connectivity index is 0.00000144. The molecule has 0 bridgehead atoms. The molecular weight excluding hydrogens is 345 g/mol. The van der Waals surface area contributed by atoms with E-state index in [-0.39, 0.29) is 36.8 Å². The fraction of sp³-hybridized carbons (Fsp3) is 0.611. The Morgan fingerprint density at radius 3 is 2.75 bits per heavy atom. The monoisotopic (exact) mass is 373 g/mol. The second kappa shape index (κ2) is 9.62. The molecule has 2 aliphatic rings. The molecule has 0 radical (unpaired) electrons. The van der Waals surface area contributed by atoms with Gasteiger partial charge in [0.25, 0.3) is 0 Å². The van der Waals surface area contributed by atoms with Gasteiger partial charge in [-0.1, -0.05) is 25.5 Å². The lowest BCUT2D eigenvalue weighted by Crippen LogP contribution is -2.28. The lowest BCUT2D eigenvalue weighted by molar-refractivity contribution is -0.117. The maximum atomic E-state index is 12.3. The number of nitrogens with one attached hydrogen (secondary N) is 1. The minimum Gasteiger partial charge on any atom is -0.327 e. The normalized spacial score (nSPS) is 22.4. The summed E-state index contributed by atoms with van der Waals surface area (Å²) in [6.45, 7) is 5.26. The molecule has 6 heteroatoms. The highest BCUT2D eigenvalue weighted by atomic mass is 35.5. The summed E-state index contributed by atoms with van der Waals surface area (Å²) >= 11 is 0. The summed E-state index contributed by atoms with van der Waals surface area (Å²) in [7, 11) is 0. The number of carbonyl (C=O) groups excluding carboxylic acids is 1. The van der Waals surface area contributed by atoms with Gasteiger partial charge < -0.3 is 11.1 Å². The molecule has 3 N–H and O–H groups in total. The molecule has 1 fully saturated rings. The maximum absolute atomic E-state index is 12.3. The molecule has 1 aliphatic heterocycles. The van der Waals surface area contributed by atoms with Crippen molar-refractivity contribution in [3.05, 3.63) is 29.3 Å². The van der Waals surface area contributed by atoms with E-state index in [0.29, 0.717) is 12.3 Å². The van der Waals surface area contributed by atoms with Crippen LogP contribution in [0.1, 0.15) is 50.2 Å². The van der Waals surface area contributed by atoms with E-state index in [1.165, 1.54) is 11.1 Å². The maximum Gasteiger partial charge on any atom is 0.224 e. The number of hydrogen-bond donors (Lipinski definition) is 2. The molecule has 2 atom stereocenters. The van der Waals surface area contributed by atoms with E-state index in [1.807, 2.05) is 12.1 Å². The molecule has 4 nitrogen and oxygen atoms in total. The Morgan fingerprint density at radius 2 is 2.08 bits per heavy atom. The van der Waals surface area contributed by atoms with Crippen LogP contribution in [0.25, 0.3) is 0 Å². The first-order chi connectivity index (χ1) is 10.7. The number of hydrogen-bond acceptors (Lipinski definition) is 3. The summed E-state index contributed by atoms with van der Waals surface area (Å²) in [5, 5.41) is 3.13. The van der Waals surface area contributed by atoms with Gasteiger partial charge in [-0.15, -0.1) is 24.8 Å². The van der Waals surface area contributed by atoms with Crippen LogP contribution in [0, 0.1) is 5.92 Å². The number of carbonyl (C=O) groups is 1. The zero-order valence-electron chi connectivity index (χ0n) is 14.3. The Labute approximate surface area is 157 Å². The van der Waals surface area contributed by atoms with Gasteiger partial charge in [-0.3, -0.25) is 9.69 Å². The van der Waals surface area contributed by atoms with E-state index >= 15 is 0 Å². The topological polar surface area (TPSA) is 58.4 Å². The summed E-state index contributed by atoms with van der Waals surface area (Å²) in [5.74, 6) is 0.470. The Morgan fingerprint density at radius 1 is 1.29 bits per heavy atom. The molecule has 1 heterocycles. The number of rotatable bonds is 5. The Hall–Kier alpha value is -0.810. The van der Waals surface area contributed by atoms with Crippen molar-refractivity contribution in [2.75, 3.05) is 11.9 Å². The van der Waals surface area contributed by atoms with Crippen LogP contribution in [0.5, 0.6) is 0 Å². The zero-order valence-corrected chi connectivity index (χ0v) is 15.9. The van der Waals surface area contributed by atoms with Crippen LogP contribution in [-0.4, -0.2) is 23.4 Å². The van der Waals surface area contributed by atoms with Crippen LogP contribution >= 0.6 is 24.8 Å². The quantitative estimate of drug-likeness (QED) is 0.826. The molecule has 0 spiro atoms. The predicted molar refractivity (Wildman–Crippen MR) is 104 cm³/mol.